The van der Waals surface area contributed by atoms with Crippen molar-refractivity contribution in [3.63, 3.8) is 0 Å². The van der Waals surface area contributed by atoms with Crippen molar-refractivity contribution in [1.29, 1.82) is 0 Å². The molecule has 3 rings (SSSR count). The number of methoxy groups -OCH3 is 1. The van der Waals surface area contributed by atoms with Gasteiger partial charge in [0, 0.05) is 18.1 Å². The van der Waals surface area contributed by atoms with E-state index in [9.17, 15) is 0 Å². The van der Waals surface area contributed by atoms with Gasteiger partial charge in [0.15, 0.2) is 5.82 Å². The molecular formula is C15H14N4OS. The summed E-state index contributed by atoms with van der Waals surface area (Å²) in [6.07, 6.45) is 5.26. The lowest BCUT2D eigenvalue weighted by Crippen LogP contribution is -1.96. The normalized spacial score (nSPS) is 10.5. The number of aromatic nitrogens is 4. The van der Waals surface area contributed by atoms with Gasteiger partial charge in [0.05, 0.1) is 7.11 Å². The van der Waals surface area contributed by atoms with Crippen molar-refractivity contribution >= 4 is 11.8 Å². The maximum atomic E-state index is 5.14. The van der Waals surface area contributed by atoms with Gasteiger partial charge in [-0.3, -0.25) is 4.57 Å². The van der Waals surface area contributed by atoms with Crippen LogP contribution in [0, 0.1) is 0 Å². The molecule has 0 N–H and O–H groups in total. The first-order valence-corrected chi connectivity index (χ1v) is 7.41. The molecule has 0 aliphatic rings. The Morgan fingerprint density at radius 2 is 1.95 bits per heavy atom. The van der Waals surface area contributed by atoms with Crippen LogP contribution in [0.5, 0.6) is 5.75 Å². The van der Waals surface area contributed by atoms with Crippen LogP contribution >= 0.6 is 11.8 Å². The zero-order valence-electron chi connectivity index (χ0n) is 11.5. The van der Waals surface area contributed by atoms with E-state index in [1.54, 1.807) is 31.4 Å². The summed E-state index contributed by atoms with van der Waals surface area (Å²) in [7, 11) is 1.67. The molecule has 3 aromatic rings. The molecule has 0 bridgehead atoms. The van der Waals surface area contributed by atoms with Crippen molar-refractivity contribution in [3.8, 4) is 11.6 Å². The van der Waals surface area contributed by atoms with Crippen molar-refractivity contribution in [2.24, 2.45) is 0 Å². The number of imidazole rings is 1. The standard InChI is InChI=1S/C15H14N4OS/c1-20-13-4-2-12(3-5-13)10-21-15-7-6-14(17-18-15)19-9-8-16-11-19/h2-9,11H,10H2,1H3. The van der Waals surface area contributed by atoms with Crippen LogP contribution in [0.15, 0.2) is 60.1 Å². The van der Waals surface area contributed by atoms with Gasteiger partial charge in [-0.1, -0.05) is 23.9 Å². The highest BCUT2D eigenvalue weighted by atomic mass is 32.2. The molecule has 0 amide bonds. The van der Waals surface area contributed by atoms with Gasteiger partial charge in [0.25, 0.3) is 0 Å². The zero-order chi connectivity index (χ0) is 14.5. The van der Waals surface area contributed by atoms with Crippen LogP contribution < -0.4 is 4.74 Å². The molecule has 0 fully saturated rings. The minimum absolute atomic E-state index is 0.765. The van der Waals surface area contributed by atoms with Gasteiger partial charge in [-0.25, -0.2) is 4.98 Å². The number of hydrogen-bond donors (Lipinski definition) is 0. The van der Waals surface area contributed by atoms with Crippen molar-refractivity contribution in [2.45, 2.75) is 10.8 Å². The maximum absolute atomic E-state index is 5.14. The summed E-state index contributed by atoms with van der Waals surface area (Å²) in [6, 6.07) is 11.9. The number of benzene rings is 1. The van der Waals surface area contributed by atoms with E-state index >= 15 is 0 Å². The molecular weight excluding hydrogens is 284 g/mol. The monoisotopic (exact) mass is 298 g/mol. The van der Waals surface area contributed by atoms with E-state index in [1.807, 2.05) is 35.0 Å². The molecule has 0 aliphatic carbocycles. The Labute approximate surface area is 127 Å². The summed E-state index contributed by atoms with van der Waals surface area (Å²) in [5.41, 5.74) is 1.22. The molecule has 0 radical (unpaired) electrons. The van der Waals surface area contributed by atoms with Crippen molar-refractivity contribution in [1.82, 2.24) is 19.7 Å². The predicted octanol–water partition coefficient (Wildman–Crippen LogP) is 2.96. The molecule has 5 nitrogen and oxygen atoms in total. The summed E-state index contributed by atoms with van der Waals surface area (Å²) in [6.45, 7) is 0. The molecule has 0 spiro atoms. The first-order valence-electron chi connectivity index (χ1n) is 6.43. The van der Waals surface area contributed by atoms with Crippen LogP contribution in [0.1, 0.15) is 5.56 Å². The van der Waals surface area contributed by atoms with Crippen LogP contribution in [-0.4, -0.2) is 26.9 Å². The molecule has 106 valence electrons. The van der Waals surface area contributed by atoms with E-state index in [-0.39, 0.29) is 0 Å². The Hall–Kier alpha value is -2.34. The predicted molar refractivity (Wildman–Crippen MR) is 81.7 cm³/mol. The van der Waals surface area contributed by atoms with Gasteiger partial charge in [-0.2, -0.15) is 0 Å². The highest BCUT2D eigenvalue weighted by Gasteiger charge is 2.02. The summed E-state index contributed by atoms with van der Waals surface area (Å²) in [5.74, 6) is 2.48. The third-order valence-corrected chi connectivity index (χ3v) is 3.93. The number of hydrogen-bond acceptors (Lipinski definition) is 5. The van der Waals surface area contributed by atoms with E-state index in [0.717, 1.165) is 22.3 Å². The Morgan fingerprint density at radius 3 is 2.57 bits per heavy atom. The van der Waals surface area contributed by atoms with Crippen LogP contribution in [0.25, 0.3) is 5.82 Å². The Morgan fingerprint density at radius 1 is 1.10 bits per heavy atom. The number of ether oxygens (including phenoxy) is 1. The molecule has 6 heteroatoms. The highest BCUT2D eigenvalue weighted by Crippen LogP contribution is 2.22. The van der Waals surface area contributed by atoms with Crippen molar-refractivity contribution in [3.05, 3.63) is 60.7 Å². The number of nitrogens with zero attached hydrogens (tertiary/aromatic N) is 4. The minimum atomic E-state index is 0.765. The van der Waals surface area contributed by atoms with Crippen molar-refractivity contribution in [2.75, 3.05) is 7.11 Å². The average molecular weight is 298 g/mol. The fourth-order valence-corrected chi connectivity index (χ4v) is 2.57. The molecule has 2 aromatic heterocycles. The molecule has 0 saturated heterocycles. The zero-order valence-corrected chi connectivity index (χ0v) is 12.3. The third-order valence-electron chi connectivity index (χ3n) is 2.94. The lowest BCUT2D eigenvalue weighted by molar-refractivity contribution is 0.414. The van der Waals surface area contributed by atoms with Gasteiger partial charge in [0.1, 0.15) is 17.1 Å². The van der Waals surface area contributed by atoms with E-state index in [0.29, 0.717) is 0 Å². The summed E-state index contributed by atoms with van der Waals surface area (Å²) >= 11 is 1.65. The van der Waals surface area contributed by atoms with E-state index in [2.05, 4.69) is 27.3 Å². The molecule has 0 atom stereocenters. The summed E-state index contributed by atoms with van der Waals surface area (Å²) in [5, 5.41) is 9.31. The SMILES string of the molecule is COc1ccc(CSc2ccc(-n3ccnc3)nn2)cc1. The number of thioether (sulfide) groups is 1. The van der Waals surface area contributed by atoms with Crippen LogP contribution in [0.4, 0.5) is 0 Å². The topological polar surface area (TPSA) is 52.8 Å². The minimum Gasteiger partial charge on any atom is -0.497 e. The van der Waals surface area contributed by atoms with Gasteiger partial charge < -0.3 is 4.74 Å². The Balaban J connectivity index is 1.62. The van der Waals surface area contributed by atoms with Gasteiger partial charge >= 0.3 is 0 Å². The Kier molecular flexibility index (Phi) is 4.16. The second kappa shape index (κ2) is 6.41. The largest absolute Gasteiger partial charge is 0.497 e. The van der Waals surface area contributed by atoms with E-state index in [4.69, 9.17) is 4.74 Å². The number of rotatable bonds is 5. The van der Waals surface area contributed by atoms with E-state index in [1.165, 1.54) is 5.56 Å². The first-order chi connectivity index (χ1) is 10.3. The lowest BCUT2D eigenvalue weighted by atomic mass is 10.2. The molecule has 21 heavy (non-hydrogen) atoms. The van der Waals surface area contributed by atoms with Gasteiger partial charge in [-0.05, 0) is 29.8 Å². The summed E-state index contributed by atoms with van der Waals surface area (Å²) in [4.78, 5) is 3.99. The molecule has 1 aromatic carbocycles. The smallest absolute Gasteiger partial charge is 0.160 e. The second-order valence-corrected chi connectivity index (χ2v) is 5.33. The lowest BCUT2D eigenvalue weighted by Gasteiger charge is -2.04. The fraction of sp³-hybridized carbons (Fsp3) is 0.133. The quantitative estimate of drug-likeness (QED) is 0.678. The van der Waals surface area contributed by atoms with Gasteiger partial charge in [0.2, 0.25) is 0 Å². The van der Waals surface area contributed by atoms with Crippen molar-refractivity contribution < 1.29 is 4.74 Å². The fourth-order valence-electron chi connectivity index (χ4n) is 1.80. The molecule has 0 unspecified atom stereocenters. The highest BCUT2D eigenvalue weighted by molar-refractivity contribution is 7.98. The Bertz CT molecular complexity index is 681. The van der Waals surface area contributed by atoms with Gasteiger partial charge in [-0.15, -0.1) is 10.2 Å². The maximum Gasteiger partial charge on any atom is 0.160 e. The second-order valence-electron chi connectivity index (χ2n) is 4.34. The summed E-state index contributed by atoms with van der Waals surface area (Å²) < 4.78 is 6.97. The first kappa shape index (κ1) is 13.6. The molecule has 0 aliphatic heterocycles. The van der Waals surface area contributed by atoms with Crippen LogP contribution in [0.3, 0.4) is 0 Å². The molecule has 2 heterocycles. The van der Waals surface area contributed by atoms with Crippen LogP contribution in [0.2, 0.25) is 0 Å². The van der Waals surface area contributed by atoms with E-state index < -0.39 is 0 Å². The average Bonchev–Trinajstić information content (AvgIpc) is 3.08. The van der Waals surface area contributed by atoms with Crippen LogP contribution in [-0.2, 0) is 5.75 Å². The molecule has 0 saturated carbocycles. The third kappa shape index (κ3) is 3.41.